The maximum absolute atomic E-state index is 12.2. The lowest BCUT2D eigenvalue weighted by Crippen LogP contribution is -2.26. The van der Waals surface area contributed by atoms with Crippen LogP contribution in [0.15, 0.2) is 53.9 Å². The molecule has 8 heteroatoms. The fourth-order valence-electron chi connectivity index (χ4n) is 3.29. The van der Waals surface area contributed by atoms with Gasteiger partial charge in [-0.05, 0) is 42.7 Å². The number of carbonyl (C=O) groups excluding carboxylic acids is 1. The van der Waals surface area contributed by atoms with Gasteiger partial charge in [0.05, 0.1) is 11.0 Å². The van der Waals surface area contributed by atoms with Gasteiger partial charge in [-0.25, -0.2) is 18.1 Å². The van der Waals surface area contributed by atoms with E-state index in [1.807, 2.05) is 42.5 Å². The van der Waals surface area contributed by atoms with Crippen LogP contribution in [0.1, 0.15) is 43.0 Å². The van der Waals surface area contributed by atoms with Gasteiger partial charge in [-0.3, -0.25) is 4.79 Å². The molecule has 1 saturated carbocycles. The van der Waals surface area contributed by atoms with E-state index in [2.05, 4.69) is 20.0 Å². The van der Waals surface area contributed by atoms with Crippen molar-refractivity contribution in [2.45, 2.75) is 31.6 Å². The smallest absolute Gasteiger partial charge is 0.233 e. The fraction of sp³-hybridized carbons (Fsp3) is 0.273. The van der Waals surface area contributed by atoms with E-state index in [0.717, 1.165) is 27.8 Å². The monoisotopic (exact) mass is 424 g/mol. The van der Waals surface area contributed by atoms with E-state index in [0.29, 0.717) is 11.6 Å². The molecule has 1 amide bonds. The number of hydrogen-bond donors (Lipinski definition) is 3. The molecular formula is C22H24N4O3S. The summed E-state index contributed by atoms with van der Waals surface area (Å²) in [6.45, 7) is 0.0193. The number of H-pyrrole nitrogens is 1. The third kappa shape index (κ3) is 5.14. The molecule has 3 aromatic rings. The van der Waals surface area contributed by atoms with Gasteiger partial charge in [0.1, 0.15) is 5.82 Å². The van der Waals surface area contributed by atoms with E-state index in [1.165, 1.54) is 25.3 Å². The van der Waals surface area contributed by atoms with Crippen molar-refractivity contribution in [3.05, 3.63) is 65.3 Å². The summed E-state index contributed by atoms with van der Waals surface area (Å²) in [5.41, 5.74) is 3.22. The SMILES string of the molecule is O=C(CCNS(=O)(=O)/C=C/c1ccccc1)Nc1ccc2nc(C3CCC3)[nH]c2c1. The maximum atomic E-state index is 12.2. The Morgan fingerprint density at radius 1 is 1.17 bits per heavy atom. The normalized spacial score (nSPS) is 14.8. The van der Waals surface area contributed by atoms with Crippen LogP contribution in [0.2, 0.25) is 0 Å². The van der Waals surface area contributed by atoms with Crippen molar-refractivity contribution in [3.63, 3.8) is 0 Å². The summed E-state index contributed by atoms with van der Waals surface area (Å²) < 4.78 is 26.5. The molecule has 0 radical (unpaired) electrons. The molecule has 1 aliphatic rings. The second-order valence-electron chi connectivity index (χ2n) is 7.43. The van der Waals surface area contributed by atoms with Gasteiger partial charge >= 0.3 is 0 Å². The van der Waals surface area contributed by atoms with Crippen LogP contribution in [0.4, 0.5) is 5.69 Å². The molecule has 0 aliphatic heterocycles. The Kier molecular flexibility index (Phi) is 5.96. The van der Waals surface area contributed by atoms with Gasteiger partial charge in [-0.1, -0.05) is 36.8 Å². The molecule has 30 heavy (non-hydrogen) atoms. The van der Waals surface area contributed by atoms with Gasteiger partial charge in [0.25, 0.3) is 0 Å². The number of rotatable bonds is 8. The third-order valence-corrected chi connectivity index (χ3v) is 6.27. The molecule has 0 bridgehead atoms. The Morgan fingerprint density at radius 3 is 2.70 bits per heavy atom. The molecule has 3 N–H and O–H groups in total. The summed E-state index contributed by atoms with van der Waals surface area (Å²) in [7, 11) is -3.60. The first kappa shape index (κ1) is 20.3. The Balaban J connectivity index is 1.28. The number of nitrogens with zero attached hydrogens (tertiary/aromatic N) is 1. The van der Waals surface area contributed by atoms with Crippen molar-refractivity contribution in [1.82, 2.24) is 14.7 Å². The minimum absolute atomic E-state index is 0.0193. The van der Waals surface area contributed by atoms with Crippen LogP contribution in [-0.4, -0.2) is 30.8 Å². The van der Waals surface area contributed by atoms with E-state index >= 15 is 0 Å². The Bertz CT molecular complexity index is 1170. The van der Waals surface area contributed by atoms with Gasteiger partial charge in [0.15, 0.2) is 0 Å². The Hall–Kier alpha value is -2.97. The molecule has 0 unspecified atom stereocenters. The van der Waals surface area contributed by atoms with Crippen molar-refractivity contribution in [3.8, 4) is 0 Å². The molecule has 4 rings (SSSR count). The number of sulfonamides is 1. The summed E-state index contributed by atoms with van der Waals surface area (Å²) in [4.78, 5) is 20.2. The third-order valence-electron chi connectivity index (χ3n) is 5.17. The zero-order valence-electron chi connectivity index (χ0n) is 16.5. The lowest BCUT2D eigenvalue weighted by Gasteiger charge is -2.22. The second-order valence-corrected chi connectivity index (χ2v) is 9.08. The lowest BCUT2D eigenvalue weighted by molar-refractivity contribution is -0.116. The van der Waals surface area contributed by atoms with Crippen molar-refractivity contribution < 1.29 is 13.2 Å². The van der Waals surface area contributed by atoms with Gasteiger partial charge in [0.2, 0.25) is 15.9 Å². The molecule has 156 valence electrons. The quantitative estimate of drug-likeness (QED) is 0.512. The van der Waals surface area contributed by atoms with Crippen molar-refractivity contribution in [1.29, 1.82) is 0 Å². The van der Waals surface area contributed by atoms with Crippen molar-refractivity contribution in [2.75, 3.05) is 11.9 Å². The summed E-state index contributed by atoms with van der Waals surface area (Å²) in [6.07, 6.45) is 5.13. The number of benzene rings is 2. The number of aromatic nitrogens is 2. The highest BCUT2D eigenvalue weighted by molar-refractivity contribution is 7.92. The van der Waals surface area contributed by atoms with Crippen LogP contribution in [-0.2, 0) is 14.8 Å². The largest absolute Gasteiger partial charge is 0.342 e. The molecule has 0 saturated heterocycles. The summed E-state index contributed by atoms with van der Waals surface area (Å²) in [5.74, 6) is 1.26. The Morgan fingerprint density at radius 2 is 1.97 bits per heavy atom. The lowest BCUT2D eigenvalue weighted by atomic mass is 9.85. The Labute approximate surface area is 175 Å². The van der Waals surface area contributed by atoms with E-state index in [-0.39, 0.29) is 18.9 Å². The molecule has 1 fully saturated rings. The zero-order chi connectivity index (χ0) is 21.0. The molecule has 2 aromatic carbocycles. The van der Waals surface area contributed by atoms with E-state index in [4.69, 9.17) is 0 Å². The van der Waals surface area contributed by atoms with E-state index < -0.39 is 10.0 Å². The fourth-order valence-corrected chi connectivity index (χ4v) is 4.11. The van der Waals surface area contributed by atoms with E-state index in [9.17, 15) is 13.2 Å². The van der Waals surface area contributed by atoms with Crippen LogP contribution in [0.25, 0.3) is 17.1 Å². The summed E-state index contributed by atoms with van der Waals surface area (Å²) in [5, 5.41) is 3.91. The van der Waals surface area contributed by atoms with Gasteiger partial charge in [0, 0.05) is 30.0 Å². The van der Waals surface area contributed by atoms with Crippen LogP contribution in [0.5, 0.6) is 0 Å². The summed E-state index contributed by atoms with van der Waals surface area (Å²) in [6, 6.07) is 14.7. The number of aromatic amines is 1. The summed E-state index contributed by atoms with van der Waals surface area (Å²) >= 11 is 0. The first-order valence-electron chi connectivity index (χ1n) is 10.0. The molecule has 0 spiro atoms. The van der Waals surface area contributed by atoms with Crippen LogP contribution in [0.3, 0.4) is 0 Å². The highest BCUT2D eigenvalue weighted by atomic mass is 32.2. The number of imidazole rings is 1. The van der Waals surface area contributed by atoms with Crippen LogP contribution >= 0.6 is 0 Å². The number of amides is 1. The number of nitrogens with one attached hydrogen (secondary N) is 3. The number of fused-ring (bicyclic) bond motifs is 1. The van der Waals surface area contributed by atoms with Gasteiger partial charge < -0.3 is 10.3 Å². The molecule has 7 nitrogen and oxygen atoms in total. The first-order chi connectivity index (χ1) is 14.5. The number of anilines is 1. The number of hydrogen-bond acceptors (Lipinski definition) is 4. The standard InChI is InChI=1S/C22H24N4O3S/c27-21(11-13-23-30(28,29)14-12-16-5-2-1-3-6-16)24-18-9-10-19-20(15-18)26-22(25-19)17-7-4-8-17/h1-3,5-6,9-10,12,14-15,17,23H,4,7-8,11,13H2,(H,24,27)(H,25,26)/b14-12+. The topological polar surface area (TPSA) is 104 Å². The van der Waals surface area contributed by atoms with Crippen LogP contribution in [0, 0.1) is 0 Å². The molecule has 1 aliphatic carbocycles. The molecule has 0 atom stereocenters. The predicted octanol–water partition coefficient (Wildman–Crippen LogP) is 3.75. The van der Waals surface area contributed by atoms with E-state index in [1.54, 1.807) is 6.07 Å². The van der Waals surface area contributed by atoms with Crippen LogP contribution < -0.4 is 10.0 Å². The first-order valence-corrected chi connectivity index (χ1v) is 11.6. The van der Waals surface area contributed by atoms with Gasteiger partial charge in [-0.2, -0.15) is 0 Å². The second kappa shape index (κ2) is 8.81. The van der Waals surface area contributed by atoms with Gasteiger partial charge in [-0.15, -0.1) is 0 Å². The van der Waals surface area contributed by atoms with Crippen molar-refractivity contribution in [2.24, 2.45) is 0 Å². The number of carbonyl (C=O) groups is 1. The minimum atomic E-state index is -3.60. The van der Waals surface area contributed by atoms with Crippen molar-refractivity contribution >= 4 is 38.7 Å². The highest BCUT2D eigenvalue weighted by Crippen LogP contribution is 2.35. The average Bonchev–Trinajstić information content (AvgIpc) is 3.08. The molecular weight excluding hydrogens is 400 g/mol. The molecule has 1 aromatic heterocycles. The highest BCUT2D eigenvalue weighted by Gasteiger charge is 2.22. The maximum Gasteiger partial charge on any atom is 0.233 e. The predicted molar refractivity (Wildman–Crippen MR) is 118 cm³/mol. The minimum Gasteiger partial charge on any atom is -0.342 e. The zero-order valence-corrected chi connectivity index (χ0v) is 17.3. The molecule has 1 heterocycles. The average molecular weight is 425 g/mol.